The summed E-state index contributed by atoms with van der Waals surface area (Å²) in [6.45, 7) is 5.23. The Morgan fingerprint density at radius 2 is 2.05 bits per heavy atom. The molecule has 1 fully saturated rings. The summed E-state index contributed by atoms with van der Waals surface area (Å²) in [5.74, 6) is 0. The zero-order chi connectivity index (χ0) is 13.4. The van der Waals surface area contributed by atoms with Gasteiger partial charge in [0, 0.05) is 31.4 Å². The Bertz CT molecular complexity index is 594. The zero-order valence-electron chi connectivity index (χ0n) is 11.9. The molecule has 1 saturated carbocycles. The first-order chi connectivity index (χ1) is 9.13. The monoisotopic (exact) mass is 255 g/mol. The number of rotatable bonds is 4. The van der Waals surface area contributed by atoms with E-state index in [4.69, 9.17) is 0 Å². The van der Waals surface area contributed by atoms with Crippen molar-refractivity contribution in [2.75, 3.05) is 0 Å². The van der Waals surface area contributed by atoms with Crippen molar-refractivity contribution in [3.8, 4) is 11.1 Å². The molecule has 1 aliphatic carbocycles. The topological polar surface area (TPSA) is 29.9 Å². The molecule has 0 unspecified atom stereocenters. The van der Waals surface area contributed by atoms with E-state index in [2.05, 4.69) is 48.7 Å². The van der Waals surface area contributed by atoms with Gasteiger partial charge in [0.05, 0.1) is 5.69 Å². The minimum Gasteiger partial charge on any atom is -0.310 e. The molecule has 1 aromatic carbocycles. The van der Waals surface area contributed by atoms with E-state index in [0.29, 0.717) is 0 Å². The van der Waals surface area contributed by atoms with E-state index in [1.165, 1.54) is 35.1 Å². The highest BCUT2D eigenvalue weighted by Gasteiger charge is 2.20. The Labute approximate surface area is 114 Å². The molecule has 1 N–H and O–H groups in total. The van der Waals surface area contributed by atoms with Gasteiger partial charge in [0.2, 0.25) is 0 Å². The first kappa shape index (κ1) is 12.4. The van der Waals surface area contributed by atoms with Gasteiger partial charge in [0.1, 0.15) is 0 Å². The zero-order valence-corrected chi connectivity index (χ0v) is 11.9. The molecule has 0 atom stereocenters. The van der Waals surface area contributed by atoms with Crippen LogP contribution in [0.5, 0.6) is 0 Å². The lowest BCUT2D eigenvalue weighted by Gasteiger charge is -2.09. The normalized spacial score (nSPS) is 14.9. The van der Waals surface area contributed by atoms with Crippen molar-refractivity contribution in [2.24, 2.45) is 7.05 Å². The van der Waals surface area contributed by atoms with E-state index in [-0.39, 0.29) is 0 Å². The predicted octanol–water partition coefficient (Wildman–Crippen LogP) is 2.96. The number of aromatic nitrogens is 2. The van der Waals surface area contributed by atoms with Crippen molar-refractivity contribution in [3.05, 3.63) is 41.2 Å². The second-order valence-corrected chi connectivity index (χ2v) is 5.61. The predicted molar refractivity (Wildman–Crippen MR) is 78.0 cm³/mol. The van der Waals surface area contributed by atoms with Gasteiger partial charge in [-0.25, -0.2) is 0 Å². The molecule has 2 aromatic rings. The van der Waals surface area contributed by atoms with Crippen LogP contribution in [0.15, 0.2) is 24.4 Å². The van der Waals surface area contributed by atoms with Gasteiger partial charge in [0.15, 0.2) is 0 Å². The number of hydrogen-bond acceptors (Lipinski definition) is 2. The summed E-state index contributed by atoms with van der Waals surface area (Å²) >= 11 is 0. The minimum atomic E-state index is 0.764. The molecule has 100 valence electrons. The lowest BCUT2D eigenvalue weighted by Crippen LogP contribution is -2.15. The van der Waals surface area contributed by atoms with E-state index < -0.39 is 0 Å². The van der Waals surface area contributed by atoms with E-state index in [1.54, 1.807) is 0 Å². The summed E-state index contributed by atoms with van der Waals surface area (Å²) in [5.41, 5.74) is 6.32. The number of nitrogens with zero attached hydrogens (tertiary/aromatic N) is 2. The van der Waals surface area contributed by atoms with Crippen molar-refractivity contribution in [1.29, 1.82) is 0 Å². The molecular weight excluding hydrogens is 234 g/mol. The van der Waals surface area contributed by atoms with E-state index in [1.807, 2.05) is 11.7 Å². The largest absolute Gasteiger partial charge is 0.310 e. The third kappa shape index (κ3) is 2.71. The Kier molecular flexibility index (Phi) is 3.15. The van der Waals surface area contributed by atoms with Crippen LogP contribution in [0, 0.1) is 13.8 Å². The Hall–Kier alpha value is -1.61. The summed E-state index contributed by atoms with van der Waals surface area (Å²) in [4.78, 5) is 0. The minimum absolute atomic E-state index is 0.764. The van der Waals surface area contributed by atoms with Crippen molar-refractivity contribution in [1.82, 2.24) is 15.1 Å². The smallest absolute Gasteiger partial charge is 0.0672 e. The van der Waals surface area contributed by atoms with Crippen LogP contribution in [0.4, 0.5) is 0 Å². The summed E-state index contributed by atoms with van der Waals surface area (Å²) in [6, 6.07) is 7.51. The van der Waals surface area contributed by atoms with Crippen molar-refractivity contribution in [2.45, 2.75) is 39.3 Å². The van der Waals surface area contributed by atoms with Crippen LogP contribution in [0.2, 0.25) is 0 Å². The highest BCUT2D eigenvalue weighted by atomic mass is 15.2. The third-order valence-electron chi connectivity index (χ3n) is 3.77. The molecule has 0 aliphatic heterocycles. The number of aryl methyl sites for hydroxylation is 3. The van der Waals surface area contributed by atoms with Gasteiger partial charge in [-0.15, -0.1) is 0 Å². The van der Waals surface area contributed by atoms with Crippen molar-refractivity contribution in [3.63, 3.8) is 0 Å². The highest BCUT2D eigenvalue weighted by molar-refractivity contribution is 5.69. The van der Waals surface area contributed by atoms with Gasteiger partial charge < -0.3 is 5.32 Å². The van der Waals surface area contributed by atoms with Gasteiger partial charge in [0.25, 0.3) is 0 Å². The third-order valence-corrected chi connectivity index (χ3v) is 3.77. The number of hydrogen-bond donors (Lipinski definition) is 1. The van der Waals surface area contributed by atoms with E-state index >= 15 is 0 Å². The summed E-state index contributed by atoms with van der Waals surface area (Å²) < 4.78 is 1.88. The van der Waals surface area contributed by atoms with Gasteiger partial charge in [-0.05, 0) is 43.4 Å². The molecule has 1 aromatic heterocycles. The quantitative estimate of drug-likeness (QED) is 0.910. The molecule has 0 amide bonds. The molecule has 1 heterocycles. The molecule has 0 radical (unpaired) electrons. The van der Waals surface area contributed by atoms with Gasteiger partial charge in [-0.1, -0.05) is 18.2 Å². The fourth-order valence-electron chi connectivity index (χ4n) is 2.55. The Morgan fingerprint density at radius 1 is 1.26 bits per heavy atom. The molecule has 0 bridgehead atoms. The van der Waals surface area contributed by atoms with E-state index in [0.717, 1.165) is 18.3 Å². The van der Waals surface area contributed by atoms with Crippen LogP contribution in [-0.4, -0.2) is 15.8 Å². The molecule has 3 heteroatoms. The van der Waals surface area contributed by atoms with Gasteiger partial charge in [-0.2, -0.15) is 5.10 Å². The van der Waals surface area contributed by atoms with Crippen LogP contribution < -0.4 is 5.32 Å². The second-order valence-electron chi connectivity index (χ2n) is 5.61. The van der Waals surface area contributed by atoms with Crippen LogP contribution >= 0.6 is 0 Å². The maximum Gasteiger partial charge on any atom is 0.0672 e. The van der Waals surface area contributed by atoms with Crippen molar-refractivity contribution < 1.29 is 0 Å². The van der Waals surface area contributed by atoms with E-state index in [9.17, 15) is 0 Å². The maximum atomic E-state index is 4.42. The molecular formula is C16H21N3. The SMILES string of the molecule is Cc1cc(CNC2CC2)ccc1-c1cn(C)nc1C. The molecule has 3 nitrogen and oxygen atoms in total. The fraction of sp³-hybridized carbons (Fsp3) is 0.438. The number of benzene rings is 1. The molecule has 3 rings (SSSR count). The summed E-state index contributed by atoms with van der Waals surface area (Å²) in [6.07, 6.45) is 4.78. The first-order valence-electron chi connectivity index (χ1n) is 6.97. The summed E-state index contributed by atoms with van der Waals surface area (Å²) in [5, 5.41) is 7.98. The molecule has 1 aliphatic rings. The summed E-state index contributed by atoms with van der Waals surface area (Å²) in [7, 11) is 1.97. The lowest BCUT2D eigenvalue weighted by atomic mass is 9.99. The molecule has 19 heavy (non-hydrogen) atoms. The molecule has 0 spiro atoms. The Morgan fingerprint density at radius 3 is 2.63 bits per heavy atom. The van der Waals surface area contributed by atoms with Crippen molar-refractivity contribution >= 4 is 0 Å². The number of nitrogens with one attached hydrogen (secondary N) is 1. The van der Waals surface area contributed by atoms with Crippen LogP contribution in [0.1, 0.15) is 29.7 Å². The Balaban J connectivity index is 1.84. The maximum absolute atomic E-state index is 4.42. The lowest BCUT2D eigenvalue weighted by molar-refractivity contribution is 0.687. The average Bonchev–Trinajstić information content (AvgIpc) is 3.12. The van der Waals surface area contributed by atoms with Crippen LogP contribution in [-0.2, 0) is 13.6 Å². The van der Waals surface area contributed by atoms with Crippen LogP contribution in [0.3, 0.4) is 0 Å². The highest BCUT2D eigenvalue weighted by Crippen LogP contribution is 2.27. The molecule has 0 saturated heterocycles. The fourth-order valence-corrected chi connectivity index (χ4v) is 2.55. The first-order valence-corrected chi connectivity index (χ1v) is 6.97. The van der Waals surface area contributed by atoms with Crippen LogP contribution in [0.25, 0.3) is 11.1 Å². The average molecular weight is 255 g/mol. The van der Waals surface area contributed by atoms with Gasteiger partial charge >= 0.3 is 0 Å². The van der Waals surface area contributed by atoms with Gasteiger partial charge in [-0.3, -0.25) is 4.68 Å². The second kappa shape index (κ2) is 4.82. The standard InChI is InChI=1S/C16H21N3/c1-11-8-13(9-17-14-5-6-14)4-7-15(11)16-10-19(3)18-12(16)2/h4,7-8,10,14,17H,5-6,9H2,1-3H3.